The number of aromatic nitrogens is 2. The number of nitrogens with zero attached hydrogens (tertiary/aromatic N) is 2. The van der Waals surface area contributed by atoms with E-state index in [1.54, 1.807) is 25.3 Å². The van der Waals surface area contributed by atoms with Crippen molar-refractivity contribution in [2.75, 3.05) is 19.5 Å². The number of rotatable bonds is 5. The first-order valence-electron chi connectivity index (χ1n) is 6.42. The molecule has 0 saturated carbocycles. The van der Waals surface area contributed by atoms with Gasteiger partial charge in [0.05, 0.1) is 19.8 Å². The summed E-state index contributed by atoms with van der Waals surface area (Å²) in [4.78, 5) is 12.3. The summed E-state index contributed by atoms with van der Waals surface area (Å²) in [6.45, 7) is 4.05. The van der Waals surface area contributed by atoms with Crippen molar-refractivity contribution in [3.63, 3.8) is 0 Å². The minimum Gasteiger partial charge on any atom is -0.497 e. The van der Waals surface area contributed by atoms with Crippen LogP contribution in [0.25, 0.3) is 0 Å². The van der Waals surface area contributed by atoms with Gasteiger partial charge in [0.15, 0.2) is 0 Å². The number of benzene rings is 1. The molecule has 0 radical (unpaired) electrons. The Hall–Kier alpha value is -2.15. The Morgan fingerprint density at radius 2 is 2.00 bits per heavy atom. The number of methoxy groups -OCH3 is 2. The van der Waals surface area contributed by atoms with Crippen LogP contribution in [-0.2, 0) is 0 Å². The van der Waals surface area contributed by atoms with E-state index in [2.05, 4.69) is 15.5 Å². The molecular formula is C14H17N3O3S. The minimum absolute atomic E-state index is 0.277. The number of hydrogen-bond donors (Lipinski definition) is 1. The van der Waals surface area contributed by atoms with Crippen LogP contribution in [0.3, 0.4) is 0 Å². The van der Waals surface area contributed by atoms with Crippen LogP contribution in [0.15, 0.2) is 18.2 Å². The van der Waals surface area contributed by atoms with E-state index in [4.69, 9.17) is 9.47 Å². The molecule has 2 rings (SSSR count). The Kier molecular flexibility index (Phi) is 4.74. The maximum atomic E-state index is 12.3. The molecule has 0 aliphatic heterocycles. The Labute approximate surface area is 127 Å². The van der Waals surface area contributed by atoms with Crippen LogP contribution >= 0.6 is 11.3 Å². The Bertz CT molecular complexity index is 640. The normalized spacial score (nSPS) is 10.5. The van der Waals surface area contributed by atoms with Gasteiger partial charge in [0, 0.05) is 5.92 Å². The summed E-state index contributed by atoms with van der Waals surface area (Å²) in [5.74, 6) is 1.03. The summed E-state index contributed by atoms with van der Waals surface area (Å²) in [5, 5.41) is 12.1. The van der Waals surface area contributed by atoms with Crippen LogP contribution in [-0.4, -0.2) is 30.3 Å². The van der Waals surface area contributed by atoms with Crippen LogP contribution < -0.4 is 14.8 Å². The van der Waals surface area contributed by atoms with Gasteiger partial charge < -0.3 is 9.47 Å². The average Bonchev–Trinajstić information content (AvgIpc) is 2.95. The molecule has 0 fully saturated rings. The minimum atomic E-state index is -0.308. The van der Waals surface area contributed by atoms with Crippen LogP contribution in [0, 0.1) is 0 Å². The number of carbonyl (C=O) groups excluding carboxylic acids is 1. The lowest BCUT2D eigenvalue weighted by atomic mass is 10.2. The average molecular weight is 307 g/mol. The van der Waals surface area contributed by atoms with Gasteiger partial charge in [-0.25, -0.2) is 0 Å². The smallest absolute Gasteiger partial charge is 0.261 e. The van der Waals surface area contributed by atoms with Gasteiger partial charge in [0.1, 0.15) is 16.5 Å². The second-order valence-corrected chi connectivity index (χ2v) is 5.63. The number of carbonyl (C=O) groups is 1. The van der Waals surface area contributed by atoms with E-state index in [1.807, 2.05) is 13.8 Å². The highest BCUT2D eigenvalue weighted by Crippen LogP contribution is 2.27. The van der Waals surface area contributed by atoms with Crippen molar-refractivity contribution in [2.24, 2.45) is 0 Å². The van der Waals surface area contributed by atoms with E-state index < -0.39 is 0 Å². The van der Waals surface area contributed by atoms with E-state index in [1.165, 1.54) is 18.4 Å². The molecule has 21 heavy (non-hydrogen) atoms. The van der Waals surface area contributed by atoms with Crippen molar-refractivity contribution in [3.05, 3.63) is 28.8 Å². The van der Waals surface area contributed by atoms with Crippen molar-refractivity contribution >= 4 is 22.4 Å². The molecule has 0 bridgehead atoms. The fraction of sp³-hybridized carbons (Fsp3) is 0.357. The molecule has 0 atom stereocenters. The monoisotopic (exact) mass is 307 g/mol. The molecule has 1 aromatic heterocycles. The Balaban J connectivity index is 2.22. The van der Waals surface area contributed by atoms with Gasteiger partial charge >= 0.3 is 0 Å². The molecule has 7 heteroatoms. The molecule has 0 saturated heterocycles. The van der Waals surface area contributed by atoms with E-state index in [-0.39, 0.29) is 11.8 Å². The van der Waals surface area contributed by atoms with Crippen LogP contribution in [0.4, 0.5) is 5.13 Å². The standard InChI is InChI=1S/C14H17N3O3S/c1-8(2)13-16-17-14(21-13)15-12(18)10-7-9(19-3)5-6-11(10)20-4/h5-8H,1-4H3,(H,15,17,18). The first-order valence-corrected chi connectivity index (χ1v) is 7.23. The summed E-state index contributed by atoms with van der Waals surface area (Å²) >= 11 is 1.36. The quantitative estimate of drug-likeness (QED) is 0.919. The molecule has 112 valence electrons. The zero-order valence-corrected chi connectivity index (χ0v) is 13.2. The molecular weight excluding hydrogens is 290 g/mol. The summed E-state index contributed by atoms with van der Waals surface area (Å²) < 4.78 is 10.3. The largest absolute Gasteiger partial charge is 0.497 e. The van der Waals surface area contributed by atoms with Crippen LogP contribution in [0.5, 0.6) is 11.5 Å². The number of anilines is 1. The lowest BCUT2D eigenvalue weighted by Crippen LogP contribution is -2.13. The lowest BCUT2D eigenvalue weighted by molar-refractivity contribution is 0.102. The van der Waals surface area contributed by atoms with Crippen molar-refractivity contribution in [2.45, 2.75) is 19.8 Å². The lowest BCUT2D eigenvalue weighted by Gasteiger charge is -2.09. The maximum absolute atomic E-state index is 12.3. The third kappa shape index (κ3) is 3.49. The first kappa shape index (κ1) is 15.2. The molecule has 0 aliphatic carbocycles. The van der Waals surface area contributed by atoms with E-state index in [9.17, 15) is 4.79 Å². The van der Waals surface area contributed by atoms with Crippen LogP contribution in [0.2, 0.25) is 0 Å². The second-order valence-electron chi connectivity index (χ2n) is 4.62. The highest BCUT2D eigenvalue weighted by atomic mass is 32.1. The van der Waals surface area contributed by atoms with Gasteiger partial charge in [0.25, 0.3) is 5.91 Å². The zero-order valence-electron chi connectivity index (χ0n) is 12.3. The summed E-state index contributed by atoms with van der Waals surface area (Å²) in [5.41, 5.74) is 0.387. The molecule has 1 N–H and O–H groups in total. The van der Waals surface area contributed by atoms with Gasteiger partial charge in [-0.3, -0.25) is 10.1 Å². The van der Waals surface area contributed by atoms with E-state index in [0.717, 1.165) is 5.01 Å². The van der Waals surface area contributed by atoms with Gasteiger partial charge in [-0.2, -0.15) is 0 Å². The molecule has 1 heterocycles. The van der Waals surface area contributed by atoms with Crippen molar-refractivity contribution in [3.8, 4) is 11.5 Å². The Morgan fingerprint density at radius 3 is 2.57 bits per heavy atom. The van der Waals surface area contributed by atoms with E-state index >= 15 is 0 Å². The topological polar surface area (TPSA) is 73.3 Å². The molecule has 0 unspecified atom stereocenters. The molecule has 1 amide bonds. The summed E-state index contributed by atoms with van der Waals surface area (Å²) in [6.07, 6.45) is 0. The Morgan fingerprint density at radius 1 is 1.24 bits per heavy atom. The molecule has 6 nitrogen and oxygen atoms in total. The van der Waals surface area contributed by atoms with Crippen molar-refractivity contribution in [1.82, 2.24) is 10.2 Å². The van der Waals surface area contributed by atoms with E-state index in [0.29, 0.717) is 22.2 Å². The summed E-state index contributed by atoms with van der Waals surface area (Å²) in [6, 6.07) is 5.05. The molecule has 1 aromatic carbocycles. The van der Waals surface area contributed by atoms with Gasteiger partial charge in [-0.15, -0.1) is 10.2 Å². The fourth-order valence-electron chi connectivity index (χ4n) is 1.67. The van der Waals surface area contributed by atoms with Gasteiger partial charge in [-0.1, -0.05) is 25.2 Å². The molecule has 0 aliphatic rings. The third-order valence-corrected chi connectivity index (χ3v) is 3.95. The number of ether oxygens (including phenoxy) is 2. The van der Waals surface area contributed by atoms with Gasteiger partial charge in [-0.05, 0) is 18.2 Å². The van der Waals surface area contributed by atoms with Gasteiger partial charge in [0.2, 0.25) is 5.13 Å². The molecule has 0 spiro atoms. The number of amides is 1. The SMILES string of the molecule is COc1ccc(OC)c(C(=O)Nc2nnc(C(C)C)s2)c1. The van der Waals surface area contributed by atoms with Crippen molar-refractivity contribution < 1.29 is 14.3 Å². The van der Waals surface area contributed by atoms with Crippen LogP contribution in [0.1, 0.15) is 35.1 Å². The maximum Gasteiger partial charge on any atom is 0.261 e. The predicted molar refractivity (Wildman–Crippen MR) is 81.5 cm³/mol. The highest BCUT2D eigenvalue weighted by Gasteiger charge is 2.16. The molecule has 2 aromatic rings. The first-order chi connectivity index (χ1) is 10.0. The highest BCUT2D eigenvalue weighted by molar-refractivity contribution is 7.15. The second kappa shape index (κ2) is 6.53. The number of hydrogen-bond acceptors (Lipinski definition) is 6. The fourth-order valence-corrected chi connectivity index (χ4v) is 2.42. The summed E-state index contributed by atoms with van der Waals surface area (Å²) in [7, 11) is 3.06. The van der Waals surface area contributed by atoms with Crippen molar-refractivity contribution in [1.29, 1.82) is 0 Å². The zero-order chi connectivity index (χ0) is 15.4. The third-order valence-electron chi connectivity index (χ3n) is 2.81. The predicted octanol–water partition coefficient (Wildman–Crippen LogP) is 2.93. The number of nitrogens with one attached hydrogen (secondary N) is 1.